The smallest absolute Gasteiger partial charge is 0.253 e. The molecule has 59 heavy (non-hydrogen) atoms. The average Bonchev–Trinajstić information content (AvgIpc) is 3.25. The van der Waals surface area contributed by atoms with E-state index in [1.807, 2.05) is 53.4 Å². The van der Waals surface area contributed by atoms with E-state index in [4.69, 9.17) is 14.6 Å². The van der Waals surface area contributed by atoms with Crippen LogP contribution in [0.1, 0.15) is 82.6 Å². The van der Waals surface area contributed by atoms with Crippen LogP contribution in [0.4, 0.5) is 0 Å². The van der Waals surface area contributed by atoms with Crippen LogP contribution >= 0.6 is 0 Å². The fourth-order valence-electron chi connectivity index (χ4n) is 8.75. The Morgan fingerprint density at radius 2 is 1.37 bits per heavy atom. The van der Waals surface area contributed by atoms with Crippen molar-refractivity contribution in [1.29, 1.82) is 0 Å². The molecule has 9 nitrogen and oxygen atoms in total. The van der Waals surface area contributed by atoms with Gasteiger partial charge in [-0.25, -0.2) is 13.6 Å². The fraction of sp³-hybridized carbons (Fsp3) is 0.367. The number of carbonyl (C=O) groups excluding carboxylic acids is 1. The van der Waals surface area contributed by atoms with E-state index in [9.17, 15) is 18.3 Å². The molecule has 0 aromatic heterocycles. The molecule has 310 valence electrons. The van der Waals surface area contributed by atoms with Crippen LogP contribution in [-0.2, 0) is 35.2 Å². The number of benzene rings is 5. The molecular weight excluding hydrogens is 759 g/mol. The van der Waals surface area contributed by atoms with Gasteiger partial charge in [0.1, 0.15) is 19.3 Å². The highest BCUT2D eigenvalue weighted by Crippen LogP contribution is 2.40. The second kappa shape index (κ2) is 19.8. The first kappa shape index (κ1) is 42.1. The number of likely N-dealkylation sites (tertiary alicyclic amines) is 1. The summed E-state index contributed by atoms with van der Waals surface area (Å²) in [6.07, 6.45) is 6.93. The number of hydrogen-bond donors (Lipinski definition) is 3. The maximum Gasteiger partial charge on any atom is 0.253 e. The second-order valence-electron chi connectivity index (χ2n) is 16.4. The van der Waals surface area contributed by atoms with Crippen LogP contribution in [0.5, 0.6) is 11.5 Å². The van der Waals surface area contributed by atoms with Crippen molar-refractivity contribution in [2.24, 2.45) is 11.1 Å². The summed E-state index contributed by atoms with van der Waals surface area (Å²) in [4.78, 5) is 15.5. The molecule has 0 unspecified atom stereocenters. The van der Waals surface area contributed by atoms with Crippen LogP contribution < -0.4 is 19.9 Å². The molecule has 1 heterocycles. The summed E-state index contributed by atoms with van der Waals surface area (Å²) in [7, 11) is -3.84. The topological polar surface area (TPSA) is 131 Å². The lowest BCUT2D eigenvalue weighted by molar-refractivity contribution is 0.0690. The Balaban J connectivity index is 0.946. The van der Waals surface area contributed by atoms with Gasteiger partial charge in [0.2, 0.25) is 10.0 Å². The normalized spacial score (nSPS) is 19.2. The van der Waals surface area contributed by atoms with Gasteiger partial charge in [0.15, 0.2) is 11.5 Å². The lowest BCUT2D eigenvalue weighted by Gasteiger charge is -2.42. The number of carbonyl (C=O) groups is 1. The zero-order valence-corrected chi connectivity index (χ0v) is 34.6. The number of aliphatic hydroxyl groups excluding tert-OH is 1. The van der Waals surface area contributed by atoms with Gasteiger partial charge in [-0.2, -0.15) is 0 Å². The number of nitrogens with one attached hydrogen (secondary N) is 1. The zero-order chi connectivity index (χ0) is 41.1. The second-order valence-corrected chi connectivity index (χ2v) is 18.1. The lowest BCUT2D eigenvalue weighted by atomic mass is 9.71. The minimum Gasteiger partial charge on any atom is -0.487 e. The van der Waals surface area contributed by atoms with Crippen molar-refractivity contribution in [3.8, 4) is 11.5 Å². The molecule has 2 aliphatic rings. The molecule has 0 spiro atoms. The Hall–Kier alpha value is -5.00. The van der Waals surface area contributed by atoms with Crippen molar-refractivity contribution in [3.05, 3.63) is 167 Å². The highest BCUT2D eigenvalue weighted by atomic mass is 32.2. The first-order valence-corrected chi connectivity index (χ1v) is 22.6. The molecule has 0 radical (unpaired) electrons. The molecule has 2 fully saturated rings. The molecule has 5 aromatic rings. The summed E-state index contributed by atoms with van der Waals surface area (Å²) < 4.78 is 36.4. The van der Waals surface area contributed by atoms with Gasteiger partial charge in [-0.1, -0.05) is 115 Å². The number of nitrogens with two attached hydrogens (primary N) is 1. The number of sulfonamides is 1. The third-order valence-corrected chi connectivity index (χ3v) is 12.7. The van der Waals surface area contributed by atoms with Crippen LogP contribution in [-0.4, -0.2) is 62.2 Å². The highest BCUT2D eigenvalue weighted by Gasteiger charge is 2.36. The third-order valence-electron chi connectivity index (χ3n) is 12.0. The average molecular weight is 816 g/mol. The van der Waals surface area contributed by atoms with Crippen molar-refractivity contribution >= 4 is 15.9 Å². The number of hydrogen-bond acceptors (Lipinski definition) is 7. The first-order chi connectivity index (χ1) is 28.6. The van der Waals surface area contributed by atoms with Crippen molar-refractivity contribution < 1.29 is 27.8 Å². The molecule has 0 bridgehead atoms. The maximum atomic E-state index is 13.5. The summed E-state index contributed by atoms with van der Waals surface area (Å²) in [6.45, 7) is 2.11. The predicted molar refractivity (Wildman–Crippen MR) is 233 cm³/mol. The molecular formula is C49H57N3O6S. The molecule has 7 rings (SSSR count). The summed E-state index contributed by atoms with van der Waals surface area (Å²) in [5, 5.41) is 20.4. The number of aliphatic hydroxyl groups is 1. The van der Waals surface area contributed by atoms with Crippen LogP contribution in [0.25, 0.3) is 0 Å². The Kier molecular flexibility index (Phi) is 14.2. The fourth-order valence-corrected chi connectivity index (χ4v) is 9.41. The van der Waals surface area contributed by atoms with E-state index in [1.54, 1.807) is 18.2 Å². The van der Waals surface area contributed by atoms with E-state index in [0.29, 0.717) is 35.4 Å². The van der Waals surface area contributed by atoms with Gasteiger partial charge in [0.05, 0.1) is 5.75 Å². The first-order valence-electron chi connectivity index (χ1n) is 20.9. The Morgan fingerprint density at radius 1 is 0.763 bits per heavy atom. The van der Waals surface area contributed by atoms with Crippen LogP contribution in [0.15, 0.2) is 133 Å². The number of piperidine rings is 1. The summed E-state index contributed by atoms with van der Waals surface area (Å²) in [5.74, 6) is 1.35. The maximum absolute atomic E-state index is 13.5. The molecule has 5 aromatic carbocycles. The quantitative estimate of drug-likeness (QED) is 0.0873. The molecule has 4 N–H and O–H groups in total. The van der Waals surface area contributed by atoms with Gasteiger partial charge in [0.25, 0.3) is 5.91 Å². The van der Waals surface area contributed by atoms with Crippen molar-refractivity contribution in [3.63, 3.8) is 0 Å². The third kappa shape index (κ3) is 12.0. The predicted octanol–water partition coefficient (Wildman–Crippen LogP) is 7.82. The Labute approximate surface area is 349 Å². The van der Waals surface area contributed by atoms with E-state index in [0.717, 1.165) is 75.6 Å². The van der Waals surface area contributed by atoms with E-state index in [-0.39, 0.29) is 24.7 Å². The van der Waals surface area contributed by atoms with Gasteiger partial charge in [-0.15, -0.1) is 0 Å². The van der Waals surface area contributed by atoms with E-state index in [2.05, 4.69) is 72.0 Å². The lowest BCUT2D eigenvalue weighted by Crippen LogP contribution is -2.52. The summed E-state index contributed by atoms with van der Waals surface area (Å²) in [5.41, 5.74) is 5.72. The molecule has 1 aliphatic heterocycles. The molecule has 1 saturated carbocycles. The summed E-state index contributed by atoms with van der Waals surface area (Å²) in [6, 6.07) is 44.1. The van der Waals surface area contributed by atoms with Crippen LogP contribution in [0.2, 0.25) is 0 Å². The standard InChI is InChI=1S/C49H57N3O6S/c50-59(55,56)36-44-17-10-18-46(47(44)58-34-40-15-8-3-9-16-40)57-35-45(53)33-51-49(32-39-13-6-2-7-14-39)27-23-42(24-28-49)41-19-21-43(22-20-41)48(54)52-29-25-38(26-30-52)31-37-11-4-1-5-12-37/h1-22,38,42,45,51,53H,23-36H2,(H2,50,55,56)/t42?,45-,49?/m0/s1. The van der Waals surface area contributed by atoms with Crippen LogP contribution in [0.3, 0.4) is 0 Å². The van der Waals surface area contributed by atoms with Gasteiger partial charge in [-0.05, 0) is 104 Å². The van der Waals surface area contributed by atoms with Gasteiger partial charge < -0.3 is 24.8 Å². The van der Waals surface area contributed by atoms with E-state index >= 15 is 0 Å². The van der Waals surface area contributed by atoms with E-state index in [1.165, 1.54) is 16.7 Å². The van der Waals surface area contributed by atoms with Gasteiger partial charge >= 0.3 is 0 Å². The van der Waals surface area contributed by atoms with Crippen molar-refractivity contribution in [2.45, 2.75) is 81.3 Å². The Morgan fingerprint density at radius 3 is 2.00 bits per heavy atom. The number of amides is 1. The number of nitrogens with zero attached hydrogens (tertiary/aromatic N) is 1. The van der Waals surface area contributed by atoms with E-state index < -0.39 is 21.9 Å². The minimum atomic E-state index is -3.84. The van der Waals surface area contributed by atoms with Gasteiger partial charge in [0, 0.05) is 36.3 Å². The summed E-state index contributed by atoms with van der Waals surface area (Å²) >= 11 is 0. The van der Waals surface area contributed by atoms with Crippen LogP contribution in [0, 0.1) is 5.92 Å². The highest BCUT2D eigenvalue weighted by molar-refractivity contribution is 7.88. The molecule has 10 heteroatoms. The number of ether oxygens (including phenoxy) is 2. The SMILES string of the molecule is NS(=O)(=O)Cc1cccc(OC[C@@H](O)CNC2(Cc3ccccc3)CCC(c3ccc(C(=O)N4CCC(Cc5ccccc5)CC4)cc3)CC2)c1OCc1ccccc1. The van der Waals surface area contributed by atoms with Gasteiger partial charge in [-0.3, -0.25) is 4.79 Å². The zero-order valence-electron chi connectivity index (χ0n) is 33.8. The number of rotatable bonds is 17. The number of para-hydroxylation sites is 1. The number of primary sulfonamides is 1. The Bertz CT molecular complexity index is 2190. The molecule has 1 aliphatic carbocycles. The van der Waals surface area contributed by atoms with Crippen molar-refractivity contribution in [1.82, 2.24) is 10.2 Å². The number of β-amino-alcohol motifs (C(OH)–C–C–N with tert-alkyl or cyclic N) is 1. The largest absolute Gasteiger partial charge is 0.487 e. The molecule has 1 atom stereocenters. The monoisotopic (exact) mass is 815 g/mol. The molecule has 1 saturated heterocycles. The minimum absolute atomic E-state index is 0.0195. The van der Waals surface area contributed by atoms with Crippen molar-refractivity contribution in [2.75, 3.05) is 26.2 Å². The molecule has 1 amide bonds.